The maximum atomic E-state index is 12.6. The summed E-state index contributed by atoms with van der Waals surface area (Å²) in [6.45, 7) is 5.14. The van der Waals surface area contributed by atoms with E-state index in [1.54, 1.807) is 6.07 Å². The van der Waals surface area contributed by atoms with Crippen LogP contribution in [0.5, 0.6) is 0 Å². The first kappa shape index (κ1) is 14.2. The molecular weight excluding hydrogens is 260 g/mol. The fourth-order valence-electron chi connectivity index (χ4n) is 2.35. The zero-order valence-corrected chi connectivity index (χ0v) is 12.2. The van der Waals surface area contributed by atoms with Crippen molar-refractivity contribution in [2.45, 2.75) is 31.7 Å². The van der Waals surface area contributed by atoms with Crippen LogP contribution >= 0.6 is 0 Å². The van der Waals surface area contributed by atoms with E-state index >= 15 is 0 Å². The lowest BCUT2D eigenvalue weighted by molar-refractivity contribution is 0.437. The van der Waals surface area contributed by atoms with Crippen molar-refractivity contribution in [2.24, 2.45) is 5.73 Å². The number of nitrogens with zero attached hydrogens (tertiary/aromatic N) is 1. The van der Waals surface area contributed by atoms with E-state index in [9.17, 15) is 8.42 Å². The van der Waals surface area contributed by atoms with Gasteiger partial charge in [-0.15, -0.1) is 0 Å². The minimum Gasteiger partial charge on any atom is -0.326 e. The molecule has 1 aliphatic heterocycles. The van der Waals surface area contributed by atoms with Gasteiger partial charge in [-0.2, -0.15) is 4.31 Å². The molecule has 4 nitrogen and oxygen atoms in total. The second-order valence-electron chi connectivity index (χ2n) is 4.87. The first-order valence-corrected chi connectivity index (χ1v) is 7.86. The maximum absolute atomic E-state index is 12.6. The second-order valence-corrected chi connectivity index (χ2v) is 6.78. The molecule has 0 saturated carbocycles. The van der Waals surface area contributed by atoms with E-state index in [-0.39, 0.29) is 0 Å². The minimum absolute atomic E-state index is 0.356. The summed E-state index contributed by atoms with van der Waals surface area (Å²) >= 11 is 0. The Hall–Kier alpha value is -1.17. The molecule has 1 aromatic carbocycles. The van der Waals surface area contributed by atoms with Gasteiger partial charge in [0, 0.05) is 19.6 Å². The minimum atomic E-state index is -3.42. The third-order valence-electron chi connectivity index (χ3n) is 3.49. The molecule has 104 valence electrons. The van der Waals surface area contributed by atoms with Crippen molar-refractivity contribution in [3.63, 3.8) is 0 Å². The first-order chi connectivity index (χ1) is 8.96. The molecular formula is C14H20N2O2S. The van der Waals surface area contributed by atoms with Crippen molar-refractivity contribution in [1.82, 2.24) is 4.31 Å². The van der Waals surface area contributed by atoms with Crippen LogP contribution < -0.4 is 5.73 Å². The van der Waals surface area contributed by atoms with Crippen LogP contribution in [0.3, 0.4) is 0 Å². The number of aryl methyl sites for hydroxylation is 2. The fraction of sp³-hybridized carbons (Fsp3) is 0.429. The van der Waals surface area contributed by atoms with E-state index < -0.39 is 10.0 Å². The van der Waals surface area contributed by atoms with Gasteiger partial charge in [-0.3, -0.25) is 0 Å². The Kier molecular flexibility index (Phi) is 4.08. The molecule has 0 aromatic heterocycles. The Balaban J connectivity index is 2.48. The maximum Gasteiger partial charge on any atom is 0.243 e. The van der Waals surface area contributed by atoms with Gasteiger partial charge >= 0.3 is 0 Å². The molecule has 0 aliphatic carbocycles. The number of benzene rings is 1. The van der Waals surface area contributed by atoms with E-state index in [4.69, 9.17) is 5.73 Å². The monoisotopic (exact) mass is 280 g/mol. The molecule has 2 N–H and O–H groups in total. The predicted molar refractivity (Wildman–Crippen MR) is 76.3 cm³/mol. The Labute approximate surface area is 115 Å². The van der Waals surface area contributed by atoms with Crippen molar-refractivity contribution in [2.75, 3.05) is 13.1 Å². The van der Waals surface area contributed by atoms with Crippen molar-refractivity contribution < 1.29 is 8.42 Å². The summed E-state index contributed by atoms with van der Waals surface area (Å²) in [6.07, 6.45) is 4.68. The standard InChI is InChI=1S/C14H20N2O2S/c1-11-8-12(2)14(9-13(11)10-15)19(17,18)16-6-4-3-5-7-16/h3-4,8-9H,5-7,10,15H2,1-2H3. The molecule has 0 amide bonds. The van der Waals surface area contributed by atoms with Crippen LogP contribution in [-0.2, 0) is 16.6 Å². The van der Waals surface area contributed by atoms with Gasteiger partial charge in [-0.25, -0.2) is 8.42 Å². The smallest absolute Gasteiger partial charge is 0.243 e. The molecule has 2 rings (SSSR count). The zero-order valence-electron chi connectivity index (χ0n) is 11.4. The summed E-state index contributed by atoms with van der Waals surface area (Å²) in [7, 11) is -3.42. The van der Waals surface area contributed by atoms with Gasteiger partial charge in [0.15, 0.2) is 0 Å². The van der Waals surface area contributed by atoms with Gasteiger partial charge in [0.25, 0.3) is 0 Å². The average Bonchev–Trinajstić information content (AvgIpc) is 2.39. The van der Waals surface area contributed by atoms with E-state index in [0.29, 0.717) is 24.5 Å². The largest absolute Gasteiger partial charge is 0.326 e. The molecule has 0 spiro atoms. The lowest BCUT2D eigenvalue weighted by Gasteiger charge is -2.24. The lowest BCUT2D eigenvalue weighted by Crippen LogP contribution is -2.34. The summed E-state index contributed by atoms with van der Waals surface area (Å²) in [5, 5.41) is 0. The highest BCUT2D eigenvalue weighted by molar-refractivity contribution is 7.89. The Bertz CT molecular complexity index is 606. The Morgan fingerprint density at radius 3 is 2.53 bits per heavy atom. The quantitative estimate of drug-likeness (QED) is 0.857. The topological polar surface area (TPSA) is 63.4 Å². The lowest BCUT2D eigenvalue weighted by atomic mass is 10.1. The normalized spacial score (nSPS) is 16.8. The number of hydrogen-bond acceptors (Lipinski definition) is 3. The molecule has 0 unspecified atom stereocenters. The van der Waals surface area contributed by atoms with E-state index in [1.807, 2.05) is 32.1 Å². The van der Waals surface area contributed by atoms with Crippen LogP contribution in [0, 0.1) is 13.8 Å². The van der Waals surface area contributed by atoms with E-state index in [0.717, 1.165) is 23.1 Å². The SMILES string of the molecule is Cc1cc(C)c(S(=O)(=O)N2CC=CCC2)cc1CN. The number of rotatable bonds is 3. The van der Waals surface area contributed by atoms with Crippen LogP contribution in [0.1, 0.15) is 23.1 Å². The van der Waals surface area contributed by atoms with Gasteiger partial charge in [-0.1, -0.05) is 18.2 Å². The Morgan fingerprint density at radius 2 is 1.95 bits per heavy atom. The second kappa shape index (κ2) is 5.45. The third kappa shape index (κ3) is 2.73. The highest BCUT2D eigenvalue weighted by atomic mass is 32.2. The number of hydrogen-bond donors (Lipinski definition) is 1. The molecule has 5 heteroatoms. The summed E-state index contributed by atoms with van der Waals surface area (Å²) in [5.74, 6) is 0. The van der Waals surface area contributed by atoms with Crippen LogP contribution in [-0.4, -0.2) is 25.8 Å². The molecule has 0 bridgehead atoms. The van der Waals surface area contributed by atoms with Crippen molar-refractivity contribution in [3.05, 3.63) is 41.0 Å². The summed E-state index contributed by atoms with van der Waals surface area (Å²) in [5.41, 5.74) is 8.38. The van der Waals surface area contributed by atoms with E-state index in [2.05, 4.69) is 0 Å². The molecule has 1 aromatic rings. The van der Waals surface area contributed by atoms with Crippen LogP contribution in [0.25, 0.3) is 0 Å². The highest BCUT2D eigenvalue weighted by Crippen LogP contribution is 2.24. The fourth-order valence-corrected chi connectivity index (χ4v) is 4.01. The molecule has 0 fully saturated rings. The van der Waals surface area contributed by atoms with Gasteiger partial charge in [0.05, 0.1) is 4.90 Å². The van der Waals surface area contributed by atoms with Crippen LogP contribution in [0.4, 0.5) is 0 Å². The Morgan fingerprint density at radius 1 is 1.21 bits per heavy atom. The van der Waals surface area contributed by atoms with Crippen molar-refractivity contribution in [3.8, 4) is 0 Å². The third-order valence-corrected chi connectivity index (χ3v) is 5.50. The van der Waals surface area contributed by atoms with Crippen molar-refractivity contribution in [1.29, 1.82) is 0 Å². The summed E-state index contributed by atoms with van der Waals surface area (Å²) < 4.78 is 26.8. The van der Waals surface area contributed by atoms with Gasteiger partial charge in [0.1, 0.15) is 0 Å². The number of sulfonamides is 1. The number of nitrogens with two attached hydrogens (primary N) is 1. The van der Waals surface area contributed by atoms with Crippen LogP contribution in [0.2, 0.25) is 0 Å². The van der Waals surface area contributed by atoms with E-state index in [1.165, 1.54) is 4.31 Å². The average molecular weight is 280 g/mol. The molecule has 0 saturated heterocycles. The molecule has 0 atom stereocenters. The van der Waals surface area contributed by atoms with Crippen LogP contribution in [0.15, 0.2) is 29.2 Å². The van der Waals surface area contributed by atoms with Gasteiger partial charge < -0.3 is 5.73 Å². The molecule has 1 aliphatic rings. The summed E-state index contributed by atoms with van der Waals surface area (Å²) in [4.78, 5) is 0.383. The molecule has 0 radical (unpaired) electrons. The summed E-state index contributed by atoms with van der Waals surface area (Å²) in [6, 6.07) is 3.62. The molecule has 19 heavy (non-hydrogen) atoms. The first-order valence-electron chi connectivity index (χ1n) is 6.42. The predicted octanol–water partition coefficient (Wildman–Crippen LogP) is 1.71. The zero-order chi connectivity index (χ0) is 14.0. The highest BCUT2D eigenvalue weighted by Gasteiger charge is 2.26. The van der Waals surface area contributed by atoms with Gasteiger partial charge in [-0.05, 0) is 43.0 Å². The van der Waals surface area contributed by atoms with Crippen molar-refractivity contribution >= 4 is 10.0 Å². The molecule has 1 heterocycles. The van der Waals surface area contributed by atoms with Gasteiger partial charge in [0.2, 0.25) is 10.0 Å².